The second-order valence-corrected chi connectivity index (χ2v) is 36.0. The van der Waals surface area contributed by atoms with Crippen molar-refractivity contribution in [3.8, 4) is 0 Å². The molecule has 1 aliphatic heterocycles. The number of ether oxygens (including phenoxy) is 4. The van der Waals surface area contributed by atoms with Crippen LogP contribution in [0.25, 0.3) is 0 Å². The maximum absolute atomic E-state index is 7.58. The molecule has 0 N–H and O–H groups in total. The molecular weight excluding hydrogens is 749 g/mol. The van der Waals surface area contributed by atoms with E-state index in [1.807, 2.05) is 0 Å². The molecule has 1 fully saturated rings. The van der Waals surface area contributed by atoms with Crippen molar-refractivity contribution in [2.24, 2.45) is 23.2 Å². The minimum absolute atomic E-state index is 0.000447. The third-order valence-electron chi connectivity index (χ3n) is 14.7. The Hall–Kier alpha value is -0.149. The molecule has 0 amide bonds. The highest BCUT2D eigenvalue weighted by atomic mass is 28.4. The molecule has 0 aromatic heterocycles. The third kappa shape index (κ3) is 12.5. The van der Waals surface area contributed by atoms with Gasteiger partial charge in [-0.2, -0.15) is 0 Å². The molecule has 0 spiro atoms. The zero-order valence-electron chi connectivity index (χ0n) is 40.4. The van der Waals surface area contributed by atoms with Crippen LogP contribution in [-0.2, 0) is 32.2 Å². The lowest BCUT2D eigenvalue weighted by molar-refractivity contribution is -0.334. The van der Waals surface area contributed by atoms with E-state index < -0.39 is 30.7 Å². The van der Waals surface area contributed by atoms with Gasteiger partial charge in [0.1, 0.15) is 19.0 Å². The number of hydrogen-bond acceptors (Lipinski definition) is 7. The summed E-state index contributed by atoms with van der Waals surface area (Å²) in [5.74, 6) is -0.0573. The Bertz CT molecular complexity index is 1210. The molecule has 56 heavy (non-hydrogen) atoms. The summed E-state index contributed by atoms with van der Waals surface area (Å²) >= 11 is 0. The first-order chi connectivity index (χ1) is 25.7. The van der Waals surface area contributed by atoms with Gasteiger partial charge in [-0.05, 0) is 116 Å². The van der Waals surface area contributed by atoms with E-state index in [2.05, 4.69) is 143 Å². The van der Waals surface area contributed by atoms with Crippen LogP contribution in [-0.4, -0.2) is 82.8 Å². The highest BCUT2D eigenvalue weighted by Crippen LogP contribution is 2.53. The number of methoxy groups -OCH3 is 1. The minimum atomic E-state index is -2.13. The van der Waals surface area contributed by atoms with Gasteiger partial charge in [0, 0.05) is 31.7 Å². The van der Waals surface area contributed by atoms with Crippen molar-refractivity contribution in [1.82, 2.24) is 0 Å². The Kier molecular flexibility index (Phi) is 19.6. The lowest BCUT2D eigenvalue weighted by Crippen LogP contribution is -2.63. The molecule has 0 radical (unpaired) electrons. The van der Waals surface area contributed by atoms with Gasteiger partial charge >= 0.3 is 0 Å². The van der Waals surface area contributed by atoms with Crippen molar-refractivity contribution in [1.29, 1.82) is 0 Å². The standard InChI is InChI=1S/C46H92O7Si3/c1-22-55(23-2,24-3)53-43-41(33(4)5)51-45(17,18)52-42(43)40-27-39(30-48-32-47-19)25-26-46(40,31-50-54(20,21)44(14,15)16)28-37(12)38(13)29-49-56(34(6)7,35(8)9)36(10)11/h27,34-38,40-43H,4,22-26,28-32H2,1-3,5-21H3/t37-,38-,40+,41+,42-,43+,46-/m0/s1. The topological polar surface area (TPSA) is 64.6 Å². The molecule has 0 aromatic rings. The first-order valence-corrected chi connectivity index (χ1v) is 30.0. The van der Waals surface area contributed by atoms with E-state index in [0.717, 1.165) is 49.6 Å². The highest BCUT2D eigenvalue weighted by molar-refractivity contribution is 6.77. The van der Waals surface area contributed by atoms with Gasteiger partial charge in [-0.1, -0.05) is 110 Å². The van der Waals surface area contributed by atoms with Crippen molar-refractivity contribution in [3.05, 3.63) is 23.8 Å². The van der Waals surface area contributed by atoms with Crippen molar-refractivity contribution in [2.75, 3.05) is 33.7 Å². The summed E-state index contributed by atoms with van der Waals surface area (Å²) in [5, 5.41) is 0.0844. The first-order valence-electron chi connectivity index (χ1n) is 22.5. The summed E-state index contributed by atoms with van der Waals surface area (Å²) in [6.07, 6.45) is 4.61. The van der Waals surface area contributed by atoms with E-state index in [1.54, 1.807) is 7.11 Å². The first kappa shape index (κ1) is 52.0. The summed E-state index contributed by atoms with van der Waals surface area (Å²) in [4.78, 5) is 0. The minimum Gasteiger partial charge on any atom is -0.416 e. The monoisotopic (exact) mass is 841 g/mol. The fourth-order valence-electron chi connectivity index (χ4n) is 9.74. The Labute approximate surface area is 350 Å². The van der Waals surface area contributed by atoms with Crippen LogP contribution in [0.3, 0.4) is 0 Å². The van der Waals surface area contributed by atoms with Crippen LogP contribution < -0.4 is 0 Å². The van der Waals surface area contributed by atoms with Gasteiger partial charge in [-0.15, -0.1) is 0 Å². The number of hydrogen-bond donors (Lipinski definition) is 0. The van der Waals surface area contributed by atoms with Gasteiger partial charge in [0.2, 0.25) is 0 Å². The maximum atomic E-state index is 7.58. The molecule has 0 aromatic carbocycles. The molecule has 7 nitrogen and oxygen atoms in total. The fourth-order valence-corrected chi connectivity index (χ4v) is 19.2. The molecule has 7 atom stereocenters. The summed E-state index contributed by atoms with van der Waals surface area (Å²) in [6.45, 7) is 51.0. The highest BCUT2D eigenvalue weighted by Gasteiger charge is 2.56. The molecule has 2 aliphatic rings. The smallest absolute Gasteiger partial charge is 0.200 e. The summed E-state index contributed by atoms with van der Waals surface area (Å²) < 4.78 is 47.7. The molecule has 10 heteroatoms. The lowest BCUT2D eigenvalue weighted by Gasteiger charge is -2.56. The fraction of sp³-hybridized carbons (Fsp3) is 0.913. The molecular formula is C46H92O7Si3. The molecule has 0 bridgehead atoms. The molecule has 330 valence electrons. The van der Waals surface area contributed by atoms with Gasteiger partial charge in [0.25, 0.3) is 0 Å². The Morgan fingerprint density at radius 1 is 0.893 bits per heavy atom. The maximum Gasteiger partial charge on any atom is 0.200 e. The summed E-state index contributed by atoms with van der Waals surface area (Å²) in [7, 11) is -4.58. The summed E-state index contributed by atoms with van der Waals surface area (Å²) in [5.41, 5.74) is 3.73. The second-order valence-electron chi connectivity index (χ2n) is 21.0. The van der Waals surface area contributed by atoms with Crippen LogP contribution >= 0.6 is 0 Å². The largest absolute Gasteiger partial charge is 0.416 e. The van der Waals surface area contributed by atoms with Gasteiger partial charge in [0.05, 0.1) is 12.7 Å². The quantitative estimate of drug-likeness (QED) is 0.0439. The van der Waals surface area contributed by atoms with Gasteiger partial charge < -0.3 is 32.2 Å². The van der Waals surface area contributed by atoms with Crippen LogP contribution in [0.4, 0.5) is 0 Å². The van der Waals surface area contributed by atoms with Crippen molar-refractivity contribution in [3.63, 3.8) is 0 Å². The average molecular weight is 841 g/mol. The second kappa shape index (κ2) is 21.1. The van der Waals surface area contributed by atoms with Crippen LogP contribution in [0.2, 0.25) is 52.9 Å². The number of rotatable bonds is 23. The Morgan fingerprint density at radius 2 is 1.45 bits per heavy atom. The van der Waals surface area contributed by atoms with Gasteiger partial charge in [-0.3, -0.25) is 0 Å². The van der Waals surface area contributed by atoms with Crippen molar-refractivity contribution >= 4 is 25.0 Å². The van der Waals surface area contributed by atoms with E-state index >= 15 is 0 Å². The van der Waals surface area contributed by atoms with E-state index in [-0.39, 0.29) is 41.5 Å². The SMILES string of the molecule is C=C(C)[C@H]1OC(C)(C)O[C@@H]([C@H]2C=C(COCOC)CC[C@@]2(CO[Si](C)(C)C(C)(C)C)C[C@H](C)[C@@H](C)CO[Si](C(C)C)(C(C)C)C(C)C)[C@@H]1O[Si](CC)(CC)CC. The van der Waals surface area contributed by atoms with E-state index in [9.17, 15) is 0 Å². The van der Waals surface area contributed by atoms with Crippen LogP contribution in [0, 0.1) is 23.2 Å². The third-order valence-corrected chi connectivity index (χ3v) is 29.9. The van der Waals surface area contributed by atoms with E-state index in [1.165, 1.54) is 5.57 Å². The van der Waals surface area contributed by atoms with Crippen LogP contribution in [0.1, 0.15) is 137 Å². The summed E-state index contributed by atoms with van der Waals surface area (Å²) in [6, 6.07) is 3.15. The molecule has 2 rings (SSSR count). The normalized spacial score (nSPS) is 26.5. The van der Waals surface area contributed by atoms with E-state index in [4.69, 9.17) is 32.2 Å². The molecule has 1 heterocycles. The van der Waals surface area contributed by atoms with Crippen LogP contribution in [0.15, 0.2) is 23.8 Å². The Morgan fingerprint density at radius 3 is 1.91 bits per heavy atom. The predicted octanol–water partition coefficient (Wildman–Crippen LogP) is 13.3. The van der Waals surface area contributed by atoms with Gasteiger partial charge in [0.15, 0.2) is 30.7 Å². The predicted molar refractivity (Wildman–Crippen MR) is 245 cm³/mol. The Balaban J connectivity index is 2.87. The van der Waals surface area contributed by atoms with Crippen molar-refractivity contribution in [2.45, 2.75) is 214 Å². The van der Waals surface area contributed by atoms with Crippen molar-refractivity contribution < 1.29 is 32.2 Å². The molecule has 1 aliphatic carbocycles. The average Bonchev–Trinajstić information content (AvgIpc) is 3.10. The zero-order valence-corrected chi connectivity index (χ0v) is 43.4. The lowest BCUT2D eigenvalue weighted by atomic mass is 9.60. The zero-order chi connectivity index (χ0) is 43.1. The molecule has 0 saturated carbocycles. The van der Waals surface area contributed by atoms with Gasteiger partial charge in [-0.25, -0.2) is 0 Å². The van der Waals surface area contributed by atoms with Crippen LogP contribution in [0.5, 0.6) is 0 Å². The molecule has 1 saturated heterocycles. The molecule has 0 unspecified atom stereocenters. The van der Waals surface area contributed by atoms with E-state index in [0.29, 0.717) is 41.7 Å².